The van der Waals surface area contributed by atoms with Crippen molar-refractivity contribution in [3.05, 3.63) is 16.1 Å². The maximum absolute atomic E-state index is 12.4. The van der Waals surface area contributed by atoms with E-state index >= 15 is 0 Å². The molecule has 1 amide bonds. The Kier molecular flexibility index (Phi) is 4.91. The minimum Gasteiger partial charge on any atom is -0.356 e. The standard InChI is InChI=1S/C16H25N3OS/c1-12-15(21-11-18-12)10-19-9-4-2-3-8-17-16(20)13-6-5-7-14(13)19/h11,13-14H,2-10H2,1H3,(H,17,20)/t13-,14+/m1/s1. The van der Waals surface area contributed by atoms with Crippen LogP contribution in [0.1, 0.15) is 49.1 Å². The van der Waals surface area contributed by atoms with Crippen LogP contribution >= 0.6 is 11.3 Å². The number of carbonyl (C=O) groups is 1. The SMILES string of the molecule is Cc1ncsc1CN1CCCCCNC(=O)[C@@H]2CCC[C@@H]21. The number of carbonyl (C=O) groups excluding carboxylic acids is 1. The molecule has 2 atom stereocenters. The highest BCUT2D eigenvalue weighted by Crippen LogP contribution is 2.32. The van der Waals surface area contributed by atoms with Gasteiger partial charge in [-0.1, -0.05) is 12.8 Å². The molecular weight excluding hydrogens is 282 g/mol. The fraction of sp³-hybridized carbons (Fsp3) is 0.750. The molecule has 1 aliphatic carbocycles. The first-order valence-corrected chi connectivity index (χ1v) is 9.04. The predicted octanol–water partition coefficient (Wildman–Crippen LogP) is 2.72. The van der Waals surface area contributed by atoms with Crippen LogP contribution in [0.3, 0.4) is 0 Å². The van der Waals surface area contributed by atoms with Gasteiger partial charge in [0.25, 0.3) is 0 Å². The molecule has 1 aliphatic heterocycles. The van der Waals surface area contributed by atoms with E-state index in [1.54, 1.807) is 11.3 Å². The van der Waals surface area contributed by atoms with E-state index < -0.39 is 0 Å². The van der Waals surface area contributed by atoms with Crippen LogP contribution in [0.5, 0.6) is 0 Å². The first-order chi connectivity index (χ1) is 10.3. The average molecular weight is 307 g/mol. The van der Waals surface area contributed by atoms with Gasteiger partial charge in [0.1, 0.15) is 0 Å². The Balaban J connectivity index is 1.77. The number of aromatic nitrogens is 1. The fourth-order valence-electron chi connectivity index (χ4n) is 3.67. The summed E-state index contributed by atoms with van der Waals surface area (Å²) in [5, 5.41) is 3.14. The van der Waals surface area contributed by atoms with Gasteiger partial charge < -0.3 is 5.32 Å². The molecule has 0 bridgehead atoms. The van der Waals surface area contributed by atoms with Gasteiger partial charge in [0, 0.05) is 24.0 Å². The van der Waals surface area contributed by atoms with Gasteiger partial charge >= 0.3 is 0 Å². The Morgan fingerprint density at radius 2 is 2.24 bits per heavy atom. The van der Waals surface area contributed by atoms with Gasteiger partial charge in [-0.25, -0.2) is 4.98 Å². The lowest BCUT2D eigenvalue weighted by Gasteiger charge is -2.33. The molecule has 2 aliphatic rings. The van der Waals surface area contributed by atoms with Crippen LogP contribution in [0.4, 0.5) is 0 Å². The molecule has 1 saturated heterocycles. The molecule has 1 aromatic heterocycles. The predicted molar refractivity (Wildman–Crippen MR) is 85.3 cm³/mol. The highest BCUT2D eigenvalue weighted by Gasteiger charge is 2.37. The number of hydrogen-bond donors (Lipinski definition) is 1. The molecule has 1 saturated carbocycles. The van der Waals surface area contributed by atoms with E-state index in [1.807, 2.05) is 5.51 Å². The smallest absolute Gasteiger partial charge is 0.224 e. The first kappa shape index (κ1) is 15.0. The molecule has 1 N–H and O–H groups in total. The van der Waals surface area contributed by atoms with Crippen molar-refractivity contribution in [1.82, 2.24) is 15.2 Å². The third-order valence-electron chi connectivity index (χ3n) is 4.90. The summed E-state index contributed by atoms with van der Waals surface area (Å²) >= 11 is 1.75. The van der Waals surface area contributed by atoms with Crippen molar-refractivity contribution in [2.24, 2.45) is 5.92 Å². The van der Waals surface area contributed by atoms with Crippen LogP contribution in [0.2, 0.25) is 0 Å². The first-order valence-electron chi connectivity index (χ1n) is 8.16. The maximum Gasteiger partial charge on any atom is 0.224 e. The second-order valence-electron chi connectivity index (χ2n) is 6.29. The molecular formula is C16H25N3OS. The van der Waals surface area contributed by atoms with Crippen LogP contribution in [0.25, 0.3) is 0 Å². The summed E-state index contributed by atoms with van der Waals surface area (Å²) in [6, 6.07) is 0.421. The van der Waals surface area contributed by atoms with Crippen molar-refractivity contribution in [2.75, 3.05) is 13.1 Å². The minimum atomic E-state index is 0.191. The van der Waals surface area contributed by atoms with Crippen molar-refractivity contribution in [1.29, 1.82) is 0 Å². The minimum absolute atomic E-state index is 0.191. The summed E-state index contributed by atoms with van der Waals surface area (Å²) in [7, 11) is 0. The van der Waals surface area contributed by atoms with Crippen LogP contribution in [0, 0.1) is 12.8 Å². The van der Waals surface area contributed by atoms with Gasteiger partial charge in [-0.15, -0.1) is 11.3 Å². The van der Waals surface area contributed by atoms with Gasteiger partial charge in [0.15, 0.2) is 0 Å². The Bertz CT molecular complexity index is 488. The van der Waals surface area contributed by atoms with Crippen LogP contribution in [0.15, 0.2) is 5.51 Å². The van der Waals surface area contributed by atoms with E-state index in [9.17, 15) is 4.79 Å². The zero-order valence-electron chi connectivity index (χ0n) is 12.8. The third-order valence-corrected chi connectivity index (χ3v) is 5.82. The van der Waals surface area contributed by atoms with Gasteiger partial charge in [-0.05, 0) is 39.2 Å². The maximum atomic E-state index is 12.4. The Morgan fingerprint density at radius 1 is 1.33 bits per heavy atom. The molecule has 4 nitrogen and oxygen atoms in total. The quantitative estimate of drug-likeness (QED) is 0.914. The molecule has 5 heteroatoms. The van der Waals surface area contributed by atoms with E-state index in [1.165, 1.54) is 24.1 Å². The summed E-state index contributed by atoms with van der Waals surface area (Å²) < 4.78 is 0. The molecule has 3 rings (SSSR count). The number of amides is 1. The van der Waals surface area contributed by atoms with Crippen molar-refractivity contribution < 1.29 is 4.79 Å². The van der Waals surface area contributed by atoms with E-state index in [0.29, 0.717) is 6.04 Å². The monoisotopic (exact) mass is 307 g/mol. The van der Waals surface area contributed by atoms with Crippen LogP contribution in [-0.4, -0.2) is 34.9 Å². The molecule has 0 aromatic carbocycles. The number of hydrogen-bond acceptors (Lipinski definition) is 4. The van der Waals surface area contributed by atoms with Crippen molar-refractivity contribution in [3.8, 4) is 0 Å². The molecule has 1 aromatic rings. The fourth-order valence-corrected chi connectivity index (χ4v) is 4.47. The zero-order chi connectivity index (χ0) is 14.7. The highest BCUT2D eigenvalue weighted by atomic mass is 32.1. The zero-order valence-corrected chi connectivity index (χ0v) is 13.6. The molecule has 116 valence electrons. The van der Waals surface area contributed by atoms with Gasteiger partial charge in [-0.2, -0.15) is 0 Å². The molecule has 2 heterocycles. The lowest BCUT2D eigenvalue weighted by atomic mass is 9.99. The van der Waals surface area contributed by atoms with Crippen molar-refractivity contribution >= 4 is 17.2 Å². The van der Waals surface area contributed by atoms with Crippen molar-refractivity contribution in [2.45, 2.75) is 58.0 Å². The van der Waals surface area contributed by atoms with E-state index in [-0.39, 0.29) is 11.8 Å². The lowest BCUT2D eigenvalue weighted by Crippen LogP contribution is -2.45. The lowest BCUT2D eigenvalue weighted by molar-refractivity contribution is -0.126. The summed E-state index contributed by atoms with van der Waals surface area (Å²) in [6.07, 6.45) is 6.94. The van der Waals surface area contributed by atoms with Gasteiger partial charge in [-0.3, -0.25) is 9.69 Å². The Morgan fingerprint density at radius 3 is 3.05 bits per heavy atom. The largest absolute Gasteiger partial charge is 0.356 e. The Hall–Kier alpha value is -0.940. The average Bonchev–Trinajstić information content (AvgIpc) is 3.10. The number of thiazole rings is 1. The van der Waals surface area contributed by atoms with Gasteiger partial charge in [0.05, 0.1) is 17.1 Å². The number of nitrogens with zero attached hydrogens (tertiary/aromatic N) is 2. The molecule has 0 unspecified atom stereocenters. The van der Waals surface area contributed by atoms with Crippen molar-refractivity contribution in [3.63, 3.8) is 0 Å². The third kappa shape index (κ3) is 3.46. The summed E-state index contributed by atoms with van der Waals surface area (Å²) in [6.45, 7) is 5.03. The number of rotatable bonds is 2. The second-order valence-corrected chi connectivity index (χ2v) is 7.23. The van der Waals surface area contributed by atoms with E-state index in [0.717, 1.165) is 44.6 Å². The summed E-state index contributed by atoms with van der Waals surface area (Å²) in [5.74, 6) is 0.474. The molecule has 2 fully saturated rings. The summed E-state index contributed by atoms with van der Waals surface area (Å²) in [4.78, 5) is 20.7. The normalized spacial score (nSPS) is 28.1. The molecule has 0 spiro atoms. The van der Waals surface area contributed by atoms with Gasteiger partial charge in [0.2, 0.25) is 5.91 Å². The molecule has 0 radical (unpaired) electrons. The topological polar surface area (TPSA) is 45.2 Å². The van der Waals surface area contributed by atoms with E-state index in [2.05, 4.69) is 22.1 Å². The number of aryl methyl sites for hydroxylation is 1. The molecule has 21 heavy (non-hydrogen) atoms. The summed E-state index contributed by atoms with van der Waals surface area (Å²) in [5.41, 5.74) is 3.08. The van der Waals surface area contributed by atoms with Crippen LogP contribution < -0.4 is 5.32 Å². The number of fused-ring (bicyclic) bond motifs is 1. The van der Waals surface area contributed by atoms with E-state index in [4.69, 9.17) is 0 Å². The number of nitrogens with one attached hydrogen (secondary N) is 1. The second kappa shape index (κ2) is 6.88. The highest BCUT2D eigenvalue weighted by molar-refractivity contribution is 7.09. The van der Waals surface area contributed by atoms with Crippen LogP contribution in [-0.2, 0) is 11.3 Å². The Labute approximate surface area is 130 Å².